The molecule has 1 aliphatic heterocycles. The molecule has 0 saturated carbocycles. The quantitative estimate of drug-likeness (QED) is 0.387. The second kappa shape index (κ2) is 5.81. The molecule has 0 radical (unpaired) electrons. The smallest absolute Gasteiger partial charge is 0.262 e. The first-order valence-corrected chi connectivity index (χ1v) is 5.86. The zero-order chi connectivity index (χ0) is 13.0. The van der Waals surface area contributed by atoms with Crippen LogP contribution in [0.4, 0.5) is 5.69 Å². The second-order valence-electron chi connectivity index (χ2n) is 4.36. The Bertz CT molecular complexity index is 436. The number of carbonyl (C=O) groups excluding carboxylic acids is 1. The lowest BCUT2D eigenvalue weighted by atomic mass is 10.1. The summed E-state index contributed by atoms with van der Waals surface area (Å²) in [6.45, 7) is 1.62. The Kier molecular flexibility index (Phi) is 4.14. The van der Waals surface area contributed by atoms with E-state index in [-0.39, 0.29) is 12.5 Å². The standard InChI is InChI=1S/C12H18N4O2/c1-16(8-14-13)5-4-9-2-3-11-10(6-9)15-12(17)7-18-11/h2-3,6,14H,4-5,7-8,13H2,1H3,(H,15,17). The Morgan fingerprint density at radius 3 is 3.17 bits per heavy atom. The lowest BCUT2D eigenvalue weighted by Crippen LogP contribution is -2.36. The van der Waals surface area contributed by atoms with E-state index >= 15 is 0 Å². The number of likely N-dealkylation sites (N-methyl/N-ethyl adjacent to an activating group) is 1. The van der Waals surface area contributed by atoms with Gasteiger partial charge in [-0.2, -0.15) is 0 Å². The first kappa shape index (κ1) is 12.8. The normalized spacial score (nSPS) is 14.1. The van der Waals surface area contributed by atoms with Crippen LogP contribution in [-0.2, 0) is 11.2 Å². The van der Waals surface area contributed by atoms with E-state index < -0.39 is 0 Å². The second-order valence-corrected chi connectivity index (χ2v) is 4.36. The minimum absolute atomic E-state index is 0.0945. The molecule has 18 heavy (non-hydrogen) atoms. The Morgan fingerprint density at radius 2 is 2.39 bits per heavy atom. The van der Waals surface area contributed by atoms with Crippen LogP contribution in [0.1, 0.15) is 5.56 Å². The van der Waals surface area contributed by atoms with E-state index in [1.807, 2.05) is 25.2 Å². The minimum Gasteiger partial charge on any atom is -0.482 e. The monoisotopic (exact) mass is 250 g/mol. The van der Waals surface area contributed by atoms with Gasteiger partial charge in [-0.15, -0.1) is 0 Å². The number of nitrogens with two attached hydrogens (primary N) is 1. The molecule has 0 aromatic heterocycles. The van der Waals surface area contributed by atoms with Gasteiger partial charge in [0.1, 0.15) is 5.75 Å². The van der Waals surface area contributed by atoms with Crippen LogP contribution in [0.15, 0.2) is 18.2 Å². The number of hydrogen-bond donors (Lipinski definition) is 3. The predicted octanol–water partition coefficient (Wildman–Crippen LogP) is -0.0874. The molecule has 1 amide bonds. The zero-order valence-electron chi connectivity index (χ0n) is 10.4. The van der Waals surface area contributed by atoms with Crippen molar-refractivity contribution in [2.24, 2.45) is 5.84 Å². The number of ether oxygens (including phenoxy) is 1. The minimum atomic E-state index is -0.107. The maximum Gasteiger partial charge on any atom is 0.262 e. The SMILES string of the molecule is CN(CCc1ccc2c(c1)NC(=O)CO2)CNN. The third kappa shape index (κ3) is 3.19. The van der Waals surface area contributed by atoms with E-state index in [0.717, 1.165) is 30.0 Å². The molecule has 1 aromatic rings. The number of benzene rings is 1. The molecule has 6 nitrogen and oxygen atoms in total. The van der Waals surface area contributed by atoms with Gasteiger partial charge in [0.05, 0.1) is 12.4 Å². The highest BCUT2D eigenvalue weighted by Gasteiger charge is 2.15. The first-order chi connectivity index (χ1) is 8.69. The highest BCUT2D eigenvalue weighted by molar-refractivity contribution is 5.95. The summed E-state index contributed by atoms with van der Waals surface area (Å²) in [7, 11) is 1.99. The van der Waals surface area contributed by atoms with E-state index in [1.54, 1.807) is 0 Å². The molecule has 1 aliphatic rings. The van der Waals surface area contributed by atoms with Crippen molar-refractivity contribution in [1.29, 1.82) is 0 Å². The Hall–Kier alpha value is -1.63. The van der Waals surface area contributed by atoms with Gasteiger partial charge in [-0.05, 0) is 31.2 Å². The fraction of sp³-hybridized carbons (Fsp3) is 0.417. The van der Waals surface area contributed by atoms with Gasteiger partial charge < -0.3 is 10.1 Å². The van der Waals surface area contributed by atoms with Gasteiger partial charge in [-0.3, -0.25) is 15.5 Å². The zero-order valence-corrected chi connectivity index (χ0v) is 10.4. The maximum atomic E-state index is 11.2. The topological polar surface area (TPSA) is 79.6 Å². The molecule has 1 heterocycles. The van der Waals surface area contributed by atoms with E-state index in [9.17, 15) is 4.79 Å². The summed E-state index contributed by atoms with van der Waals surface area (Å²) in [4.78, 5) is 13.3. The molecule has 1 aromatic carbocycles. The third-order valence-corrected chi connectivity index (χ3v) is 2.82. The largest absolute Gasteiger partial charge is 0.482 e. The van der Waals surface area contributed by atoms with Gasteiger partial charge in [-0.1, -0.05) is 6.07 Å². The number of amides is 1. The molecular formula is C12H18N4O2. The van der Waals surface area contributed by atoms with Gasteiger partial charge >= 0.3 is 0 Å². The van der Waals surface area contributed by atoms with Gasteiger partial charge in [0.25, 0.3) is 5.91 Å². The Balaban J connectivity index is 1.98. The molecule has 0 atom stereocenters. The van der Waals surface area contributed by atoms with Crippen molar-refractivity contribution in [1.82, 2.24) is 10.3 Å². The van der Waals surface area contributed by atoms with Gasteiger partial charge in [0, 0.05) is 6.54 Å². The van der Waals surface area contributed by atoms with Crippen LogP contribution in [0.5, 0.6) is 5.75 Å². The van der Waals surface area contributed by atoms with Crippen LogP contribution in [0, 0.1) is 0 Å². The molecule has 98 valence electrons. The molecule has 6 heteroatoms. The average molecular weight is 250 g/mol. The summed E-state index contributed by atoms with van der Waals surface area (Å²) in [5.74, 6) is 5.87. The lowest BCUT2D eigenvalue weighted by molar-refractivity contribution is -0.118. The number of anilines is 1. The van der Waals surface area contributed by atoms with Gasteiger partial charge in [-0.25, -0.2) is 5.43 Å². The average Bonchev–Trinajstić information content (AvgIpc) is 2.36. The number of carbonyl (C=O) groups is 1. The molecule has 0 spiro atoms. The Morgan fingerprint density at radius 1 is 1.56 bits per heavy atom. The molecule has 0 bridgehead atoms. The van der Waals surface area contributed by atoms with Crippen molar-refractivity contribution in [3.8, 4) is 5.75 Å². The Labute approximate surface area is 106 Å². The van der Waals surface area contributed by atoms with Crippen LogP contribution in [0.2, 0.25) is 0 Å². The van der Waals surface area contributed by atoms with Gasteiger partial charge in [0.15, 0.2) is 6.61 Å². The molecule has 0 saturated heterocycles. The molecule has 0 unspecified atom stereocenters. The van der Waals surface area contributed by atoms with E-state index in [0.29, 0.717) is 6.67 Å². The summed E-state index contributed by atoms with van der Waals surface area (Å²) in [6.07, 6.45) is 0.890. The van der Waals surface area contributed by atoms with Crippen molar-refractivity contribution in [2.75, 3.05) is 32.2 Å². The van der Waals surface area contributed by atoms with Crippen molar-refractivity contribution in [3.05, 3.63) is 23.8 Å². The highest BCUT2D eigenvalue weighted by Crippen LogP contribution is 2.28. The summed E-state index contributed by atoms with van der Waals surface area (Å²) in [5.41, 5.74) is 4.52. The third-order valence-electron chi connectivity index (χ3n) is 2.82. The van der Waals surface area contributed by atoms with E-state index in [1.165, 1.54) is 0 Å². The number of nitrogens with zero attached hydrogens (tertiary/aromatic N) is 1. The molecule has 0 fully saturated rings. The number of nitrogens with one attached hydrogen (secondary N) is 2. The van der Waals surface area contributed by atoms with Crippen LogP contribution < -0.4 is 21.3 Å². The maximum absolute atomic E-state index is 11.2. The molecule has 4 N–H and O–H groups in total. The van der Waals surface area contributed by atoms with E-state index in [2.05, 4.69) is 15.6 Å². The summed E-state index contributed by atoms with van der Waals surface area (Å²) < 4.78 is 5.31. The lowest BCUT2D eigenvalue weighted by Gasteiger charge is -2.19. The fourth-order valence-corrected chi connectivity index (χ4v) is 1.84. The molecule has 0 aliphatic carbocycles. The van der Waals surface area contributed by atoms with Crippen molar-refractivity contribution < 1.29 is 9.53 Å². The van der Waals surface area contributed by atoms with Crippen molar-refractivity contribution in [3.63, 3.8) is 0 Å². The number of rotatable bonds is 5. The van der Waals surface area contributed by atoms with Crippen molar-refractivity contribution >= 4 is 11.6 Å². The first-order valence-electron chi connectivity index (χ1n) is 5.86. The number of hydrazine groups is 1. The summed E-state index contributed by atoms with van der Waals surface area (Å²) >= 11 is 0. The van der Waals surface area contributed by atoms with E-state index in [4.69, 9.17) is 10.6 Å². The summed E-state index contributed by atoms with van der Waals surface area (Å²) in [6, 6.07) is 5.86. The molecular weight excluding hydrogens is 232 g/mol. The predicted molar refractivity (Wildman–Crippen MR) is 69.1 cm³/mol. The molecule has 2 rings (SSSR count). The summed E-state index contributed by atoms with van der Waals surface area (Å²) in [5, 5.41) is 2.80. The van der Waals surface area contributed by atoms with Gasteiger partial charge in [0.2, 0.25) is 0 Å². The number of fused-ring (bicyclic) bond motifs is 1. The van der Waals surface area contributed by atoms with Crippen LogP contribution >= 0.6 is 0 Å². The number of hydrogen-bond acceptors (Lipinski definition) is 5. The van der Waals surface area contributed by atoms with Crippen LogP contribution in [0.25, 0.3) is 0 Å². The van der Waals surface area contributed by atoms with Crippen LogP contribution in [-0.4, -0.2) is 37.7 Å². The highest BCUT2D eigenvalue weighted by atomic mass is 16.5. The van der Waals surface area contributed by atoms with Crippen molar-refractivity contribution in [2.45, 2.75) is 6.42 Å². The fourth-order valence-electron chi connectivity index (χ4n) is 1.84. The van der Waals surface area contributed by atoms with Crippen LogP contribution in [0.3, 0.4) is 0 Å².